The number of hydrogen-bond acceptors (Lipinski definition) is 6. The minimum atomic E-state index is -0.543. The summed E-state index contributed by atoms with van der Waals surface area (Å²) in [5.74, 6) is 0.419. The zero-order chi connectivity index (χ0) is 20.1. The van der Waals surface area contributed by atoms with Gasteiger partial charge in [-0.3, -0.25) is 14.5 Å². The molecule has 0 N–H and O–H groups in total. The van der Waals surface area contributed by atoms with Gasteiger partial charge in [-0.25, -0.2) is 4.98 Å². The fourth-order valence-corrected chi connectivity index (χ4v) is 5.78. The molecule has 0 spiro atoms. The Kier molecular flexibility index (Phi) is 4.70. The van der Waals surface area contributed by atoms with Gasteiger partial charge in [0.1, 0.15) is 11.9 Å². The molecular formula is C21H19BrN2O4S. The molecule has 8 heteroatoms. The van der Waals surface area contributed by atoms with Crippen molar-refractivity contribution < 1.29 is 19.1 Å². The molecule has 0 radical (unpaired) electrons. The van der Waals surface area contributed by atoms with Crippen molar-refractivity contribution in [3.63, 3.8) is 0 Å². The lowest BCUT2D eigenvalue weighted by Gasteiger charge is -2.37. The molecule has 3 aliphatic rings. The van der Waals surface area contributed by atoms with Crippen molar-refractivity contribution in [2.24, 2.45) is 5.92 Å². The van der Waals surface area contributed by atoms with Crippen LogP contribution in [0.4, 0.5) is 5.13 Å². The first-order valence-corrected chi connectivity index (χ1v) is 11.3. The van der Waals surface area contributed by atoms with E-state index in [1.165, 1.54) is 11.3 Å². The summed E-state index contributed by atoms with van der Waals surface area (Å²) in [4.78, 5) is 33.2. The largest absolute Gasteiger partial charge is 0.497 e. The summed E-state index contributed by atoms with van der Waals surface area (Å²) in [5, 5.41) is 2.38. The number of Topliss-reactive ketones (excluding diaryl/α,β-unsaturated/α-hetero) is 1. The van der Waals surface area contributed by atoms with Crippen LogP contribution in [0.15, 0.2) is 47.2 Å². The molecule has 1 fully saturated rings. The summed E-state index contributed by atoms with van der Waals surface area (Å²) in [7, 11) is 1.61. The van der Waals surface area contributed by atoms with Crippen molar-refractivity contribution >= 4 is 44.1 Å². The molecule has 2 aliphatic heterocycles. The van der Waals surface area contributed by atoms with Crippen molar-refractivity contribution in [2.45, 2.75) is 36.2 Å². The smallest absolute Gasteiger partial charge is 0.296 e. The highest BCUT2D eigenvalue weighted by Gasteiger charge is 2.53. The van der Waals surface area contributed by atoms with Crippen molar-refractivity contribution in [1.82, 2.24) is 4.98 Å². The number of benzene rings is 1. The van der Waals surface area contributed by atoms with Crippen molar-refractivity contribution in [1.29, 1.82) is 0 Å². The van der Waals surface area contributed by atoms with Crippen LogP contribution in [-0.2, 0) is 14.3 Å². The topological polar surface area (TPSA) is 68.7 Å². The van der Waals surface area contributed by atoms with Gasteiger partial charge in [-0.15, -0.1) is 11.3 Å². The number of aromatic nitrogens is 1. The minimum Gasteiger partial charge on any atom is -0.497 e. The van der Waals surface area contributed by atoms with E-state index in [2.05, 4.69) is 20.9 Å². The molecule has 6 nitrogen and oxygen atoms in total. The number of carbonyl (C=O) groups excluding carboxylic acids is 2. The number of alkyl halides is 1. The van der Waals surface area contributed by atoms with Crippen LogP contribution in [0.3, 0.4) is 0 Å². The van der Waals surface area contributed by atoms with E-state index in [4.69, 9.17) is 9.47 Å². The van der Waals surface area contributed by atoms with Gasteiger partial charge < -0.3 is 9.47 Å². The van der Waals surface area contributed by atoms with E-state index in [1.54, 1.807) is 18.2 Å². The molecule has 5 rings (SSSR count). The first-order chi connectivity index (χ1) is 14.1. The fraction of sp³-hybridized carbons (Fsp3) is 0.381. The van der Waals surface area contributed by atoms with Gasteiger partial charge in [-0.05, 0) is 37.0 Å². The molecule has 3 heterocycles. The predicted molar refractivity (Wildman–Crippen MR) is 112 cm³/mol. The van der Waals surface area contributed by atoms with Gasteiger partial charge in [0.2, 0.25) is 0 Å². The molecule has 4 unspecified atom stereocenters. The van der Waals surface area contributed by atoms with Crippen LogP contribution >= 0.6 is 27.3 Å². The number of hydrogen-bond donors (Lipinski definition) is 0. The monoisotopic (exact) mass is 474 g/mol. The van der Waals surface area contributed by atoms with Crippen LogP contribution < -0.4 is 9.64 Å². The Morgan fingerprint density at radius 1 is 1.24 bits per heavy atom. The van der Waals surface area contributed by atoms with Crippen LogP contribution in [-0.4, -0.2) is 34.7 Å². The first kappa shape index (κ1) is 18.8. The number of carbonyl (C=O) groups is 2. The highest BCUT2D eigenvalue weighted by molar-refractivity contribution is 9.09. The molecule has 1 saturated carbocycles. The van der Waals surface area contributed by atoms with Gasteiger partial charge in [-0.1, -0.05) is 28.1 Å². The maximum atomic E-state index is 13.6. The first-order valence-electron chi connectivity index (χ1n) is 9.54. The van der Waals surface area contributed by atoms with E-state index >= 15 is 0 Å². The number of fused-ring (bicyclic) bond motifs is 1. The molecule has 29 heavy (non-hydrogen) atoms. The number of halogens is 1. The molecule has 2 aromatic rings. The number of nitrogens with zero attached hydrogens (tertiary/aromatic N) is 2. The third-order valence-corrected chi connectivity index (χ3v) is 7.44. The highest BCUT2D eigenvalue weighted by Crippen LogP contribution is 2.49. The van der Waals surface area contributed by atoms with Crippen molar-refractivity contribution in [3.05, 3.63) is 52.7 Å². The number of anilines is 1. The quantitative estimate of drug-likeness (QED) is 0.628. The molecule has 4 atom stereocenters. The number of amides is 1. The summed E-state index contributed by atoms with van der Waals surface area (Å²) in [5.41, 5.74) is 1.29. The standard InChI is InChI=1S/C21H19BrN2O4S/c1-27-13-5-2-11(3-6-13)17-16-18(25)14-10-12(22)4-7-15(14)28-19(16)20(26)24(17)21-23-8-9-29-21/h2-3,5-6,8-9,12,14-15,17H,4,7,10H2,1H3. The minimum absolute atomic E-state index is 0.0219. The lowest BCUT2D eigenvalue weighted by Crippen LogP contribution is -2.41. The summed E-state index contributed by atoms with van der Waals surface area (Å²) >= 11 is 5.03. The Morgan fingerprint density at radius 3 is 2.72 bits per heavy atom. The zero-order valence-corrected chi connectivity index (χ0v) is 18.1. The number of thiazole rings is 1. The second kappa shape index (κ2) is 7.25. The van der Waals surface area contributed by atoms with Crippen LogP contribution in [0.5, 0.6) is 5.75 Å². The van der Waals surface area contributed by atoms with Gasteiger partial charge in [0.15, 0.2) is 16.7 Å². The Morgan fingerprint density at radius 2 is 2.03 bits per heavy atom. The van der Waals surface area contributed by atoms with E-state index < -0.39 is 6.04 Å². The van der Waals surface area contributed by atoms with E-state index in [1.807, 2.05) is 29.6 Å². The summed E-state index contributed by atoms with van der Waals surface area (Å²) in [6.45, 7) is 0. The fourth-order valence-electron chi connectivity index (χ4n) is 4.45. The van der Waals surface area contributed by atoms with E-state index in [-0.39, 0.29) is 29.5 Å². The average molecular weight is 475 g/mol. The average Bonchev–Trinajstić information content (AvgIpc) is 3.35. The molecule has 1 aromatic heterocycles. The zero-order valence-electron chi connectivity index (χ0n) is 15.7. The lowest BCUT2D eigenvalue weighted by atomic mass is 9.77. The van der Waals surface area contributed by atoms with E-state index in [0.717, 1.165) is 24.8 Å². The number of ether oxygens (including phenoxy) is 2. The molecule has 0 saturated heterocycles. The Bertz CT molecular complexity index is 989. The maximum absolute atomic E-state index is 13.6. The SMILES string of the molecule is COc1ccc(C2C3=C(OC4CCC(Br)CC4C3=O)C(=O)N2c2nccs2)cc1. The van der Waals surface area contributed by atoms with E-state index in [9.17, 15) is 9.59 Å². The predicted octanol–water partition coefficient (Wildman–Crippen LogP) is 4.03. The molecule has 1 aromatic carbocycles. The summed E-state index contributed by atoms with van der Waals surface area (Å²) < 4.78 is 11.4. The van der Waals surface area contributed by atoms with Gasteiger partial charge in [0.25, 0.3) is 5.91 Å². The third kappa shape index (κ3) is 3.00. The molecule has 0 bridgehead atoms. The van der Waals surface area contributed by atoms with E-state index in [0.29, 0.717) is 21.3 Å². The van der Waals surface area contributed by atoms with Crippen LogP contribution in [0.2, 0.25) is 0 Å². The summed E-state index contributed by atoms with van der Waals surface area (Å²) in [6, 6.07) is 6.91. The summed E-state index contributed by atoms with van der Waals surface area (Å²) in [6.07, 6.45) is 3.85. The highest BCUT2D eigenvalue weighted by atomic mass is 79.9. The number of methoxy groups -OCH3 is 1. The second-order valence-corrected chi connectivity index (χ2v) is 9.61. The molecule has 1 amide bonds. The van der Waals surface area contributed by atoms with Crippen molar-refractivity contribution in [2.75, 3.05) is 12.0 Å². The van der Waals surface area contributed by atoms with Crippen LogP contribution in [0, 0.1) is 5.92 Å². The third-order valence-electron chi connectivity index (χ3n) is 5.84. The van der Waals surface area contributed by atoms with Crippen molar-refractivity contribution in [3.8, 4) is 5.75 Å². The van der Waals surface area contributed by atoms with Crippen LogP contribution in [0.25, 0.3) is 0 Å². The van der Waals surface area contributed by atoms with Gasteiger partial charge in [0, 0.05) is 16.4 Å². The molecule has 150 valence electrons. The number of ketones is 1. The maximum Gasteiger partial charge on any atom is 0.296 e. The Balaban J connectivity index is 1.62. The Hall–Kier alpha value is -2.19. The van der Waals surface area contributed by atoms with Crippen LogP contribution in [0.1, 0.15) is 30.9 Å². The van der Waals surface area contributed by atoms with Gasteiger partial charge in [0.05, 0.1) is 24.6 Å². The normalized spacial score (nSPS) is 28.8. The lowest BCUT2D eigenvalue weighted by molar-refractivity contribution is -0.131. The van der Waals surface area contributed by atoms with Gasteiger partial charge in [-0.2, -0.15) is 0 Å². The van der Waals surface area contributed by atoms with Gasteiger partial charge >= 0.3 is 0 Å². The molecule has 1 aliphatic carbocycles. The number of rotatable bonds is 3. The molecular weight excluding hydrogens is 456 g/mol. The Labute approximate surface area is 180 Å². The second-order valence-electron chi connectivity index (χ2n) is 7.45.